The van der Waals surface area contributed by atoms with Crippen LogP contribution in [0.1, 0.15) is 54.4 Å². The van der Waals surface area contributed by atoms with Crippen LogP contribution in [0.4, 0.5) is 4.79 Å². The number of esters is 1. The monoisotopic (exact) mass is 388 g/mol. The molecule has 0 bridgehead atoms. The summed E-state index contributed by atoms with van der Waals surface area (Å²) in [6, 6.07) is -0.562. The van der Waals surface area contributed by atoms with Gasteiger partial charge in [-0.15, -0.1) is 0 Å². The van der Waals surface area contributed by atoms with Crippen molar-refractivity contribution in [1.82, 2.24) is 10.6 Å². The molecule has 0 aromatic heterocycles. The molecule has 0 aromatic carbocycles. The Labute approximate surface area is 160 Å². The van der Waals surface area contributed by atoms with Gasteiger partial charge in [-0.05, 0) is 48.0 Å². The van der Waals surface area contributed by atoms with Crippen molar-refractivity contribution in [2.24, 2.45) is 0 Å². The summed E-state index contributed by atoms with van der Waals surface area (Å²) in [4.78, 5) is 35.2. The van der Waals surface area contributed by atoms with Crippen LogP contribution in [-0.4, -0.2) is 65.7 Å². The zero-order valence-corrected chi connectivity index (χ0v) is 17.0. The van der Waals surface area contributed by atoms with Gasteiger partial charge >= 0.3 is 18.0 Å². The molecule has 1 rings (SSSR count). The van der Waals surface area contributed by atoms with Crippen LogP contribution in [0.3, 0.4) is 0 Å². The Balaban J connectivity index is 2.83. The van der Waals surface area contributed by atoms with Gasteiger partial charge in [0.2, 0.25) is 0 Å². The molecule has 0 unspecified atom stereocenters. The number of alkyl carbamates (subject to hydrolysis) is 1. The van der Waals surface area contributed by atoms with E-state index in [0.29, 0.717) is 0 Å². The van der Waals surface area contributed by atoms with E-state index < -0.39 is 40.8 Å². The Hall–Kier alpha value is -1.87. The zero-order valence-electron chi connectivity index (χ0n) is 17.0. The number of ether oxygens (including phenoxy) is 3. The SMILES string of the molecule is CC(C)(C)OC(=O)CC[C@@H](NC(=O)OC(C)(C)C)C1(NCC(=O)O)COC1. The summed E-state index contributed by atoms with van der Waals surface area (Å²) in [5.74, 6) is -1.42. The molecule has 1 aliphatic heterocycles. The maximum atomic E-state index is 12.2. The lowest BCUT2D eigenvalue weighted by Crippen LogP contribution is -2.72. The third kappa shape index (κ3) is 8.57. The van der Waals surface area contributed by atoms with Crippen molar-refractivity contribution >= 4 is 18.0 Å². The molecular weight excluding hydrogens is 356 g/mol. The fraction of sp³-hybridized carbons (Fsp3) is 0.833. The lowest BCUT2D eigenvalue weighted by molar-refractivity contribution is -0.156. The van der Waals surface area contributed by atoms with Gasteiger partial charge in [-0.2, -0.15) is 0 Å². The molecule has 1 fully saturated rings. The summed E-state index contributed by atoms with van der Waals surface area (Å²) in [5, 5.41) is 14.6. The highest BCUT2D eigenvalue weighted by Crippen LogP contribution is 2.25. The molecule has 1 saturated heterocycles. The van der Waals surface area contributed by atoms with Crippen LogP contribution in [0, 0.1) is 0 Å². The van der Waals surface area contributed by atoms with Gasteiger partial charge in [0.1, 0.15) is 11.2 Å². The Morgan fingerprint density at radius 3 is 2.04 bits per heavy atom. The smallest absolute Gasteiger partial charge is 0.407 e. The van der Waals surface area contributed by atoms with Gasteiger partial charge in [-0.3, -0.25) is 14.9 Å². The average molecular weight is 388 g/mol. The van der Waals surface area contributed by atoms with Crippen LogP contribution in [0.5, 0.6) is 0 Å². The molecule has 0 spiro atoms. The van der Waals surface area contributed by atoms with E-state index in [9.17, 15) is 14.4 Å². The van der Waals surface area contributed by atoms with Crippen LogP contribution in [-0.2, 0) is 23.8 Å². The van der Waals surface area contributed by atoms with E-state index in [1.165, 1.54) is 0 Å². The molecule has 1 amide bonds. The number of nitrogens with one attached hydrogen (secondary N) is 2. The van der Waals surface area contributed by atoms with Gasteiger partial charge in [-0.1, -0.05) is 0 Å². The molecule has 1 atom stereocenters. The second kappa shape index (κ2) is 8.88. The number of hydrogen-bond acceptors (Lipinski definition) is 7. The van der Waals surface area contributed by atoms with E-state index in [2.05, 4.69) is 10.6 Å². The van der Waals surface area contributed by atoms with Gasteiger partial charge in [0.15, 0.2) is 0 Å². The van der Waals surface area contributed by atoms with E-state index >= 15 is 0 Å². The standard InChI is InChI=1S/C18H32N2O7/c1-16(2,3)26-14(23)8-7-12(20-15(24)27-17(4,5)6)18(10-25-11-18)19-9-13(21)22/h12,19H,7-11H2,1-6H3,(H,20,24)(H,21,22)/t12-/m1/s1. The van der Waals surface area contributed by atoms with Crippen LogP contribution in [0.15, 0.2) is 0 Å². The lowest BCUT2D eigenvalue weighted by Gasteiger charge is -2.47. The van der Waals surface area contributed by atoms with Crippen molar-refractivity contribution in [2.75, 3.05) is 19.8 Å². The summed E-state index contributed by atoms with van der Waals surface area (Å²) < 4.78 is 15.9. The summed E-state index contributed by atoms with van der Waals surface area (Å²) in [5.41, 5.74) is -2.07. The number of hydrogen-bond donors (Lipinski definition) is 3. The summed E-state index contributed by atoms with van der Waals surface area (Å²) in [6.45, 7) is 10.7. The maximum Gasteiger partial charge on any atom is 0.407 e. The van der Waals surface area contributed by atoms with Crippen molar-refractivity contribution in [3.05, 3.63) is 0 Å². The van der Waals surface area contributed by atoms with E-state index in [0.717, 1.165) is 0 Å². The minimum atomic E-state index is -1.02. The van der Waals surface area contributed by atoms with Crippen LogP contribution in [0.2, 0.25) is 0 Å². The largest absolute Gasteiger partial charge is 0.480 e. The first-order valence-corrected chi connectivity index (χ1v) is 8.98. The first kappa shape index (κ1) is 23.2. The molecule has 27 heavy (non-hydrogen) atoms. The van der Waals surface area contributed by atoms with E-state index in [4.69, 9.17) is 19.3 Å². The molecular formula is C18H32N2O7. The number of rotatable bonds is 8. The van der Waals surface area contributed by atoms with Crippen molar-refractivity contribution in [3.8, 4) is 0 Å². The molecule has 0 aromatic rings. The topological polar surface area (TPSA) is 123 Å². The van der Waals surface area contributed by atoms with Crippen molar-refractivity contribution in [1.29, 1.82) is 0 Å². The average Bonchev–Trinajstić information content (AvgIpc) is 2.38. The fourth-order valence-corrected chi connectivity index (χ4v) is 2.59. The highest BCUT2D eigenvalue weighted by Gasteiger charge is 2.47. The van der Waals surface area contributed by atoms with Crippen LogP contribution >= 0.6 is 0 Å². The molecule has 0 radical (unpaired) electrons. The first-order valence-electron chi connectivity index (χ1n) is 8.98. The second-order valence-corrected chi connectivity index (χ2v) is 8.72. The van der Waals surface area contributed by atoms with Gasteiger partial charge < -0.3 is 24.6 Å². The van der Waals surface area contributed by atoms with Gasteiger partial charge in [0.05, 0.1) is 31.3 Å². The molecule has 0 saturated carbocycles. The van der Waals surface area contributed by atoms with Gasteiger partial charge in [0.25, 0.3) is 0 Å². The molecule has 0 aliphatic carbocycles. The van der Waals surface area contributed by atoms with E-state index in [-0.39, 0.29) is 32.6 Å². The molecule has 3 N–H and O–H groups in total. The van der Waals surface area contributed by atoms with Crippen molar-refractivity contribution in [2.45, 2.75) is 77.2 Å². The number of aliphatic carboxylic acids is 1. The maximum absolute atomic E-state index is 12.2. The molecule has 156 valence electrons. The Morgan fingerprint density at radius 2 is 1.63 bits per heavy atom. The van der Waals surface area contributed by atoms with Crippen LogP contribution in [0.25, 0.3) is 0 Å². The minimum Gasteiger partial charge on any atom is -0.480 e. The normalized spacial score (nSPS) is 17.4. The number of amides is 1. The first-order chi connectivity index (χ1) is 12.2. The number of carboxylic acid groups (broad SMARTS) is 1. The summed E-state index contributed by atoms with van der Waals surface area (Å²) in [7, 11) is 0. The van der Waals surface area contributed by atoms with Gasteiger partial charge in [0, 0.05) is 6.42 Å². The number of carbonyl (C=O) groups excluding carboxylic acids is 2. The Kier molecular flexibility index (Phi) is 7.62. The Bertz CT molecular complexity index is 545. The number of carboxylic acids is 1. The van der Waals surface area contributed by atoms with Crippen LogP contribution < -0.4 is 10.6 Å². The fourth-order valence-electron chi connectivity index (χ4n) is 2.59. The summed E-state index contributed by atoms with van der Waals surface area (Å²) >= 11 is 0. The molecule has 9 heteroatoms. The predicted molar refractivity (Wildman–Crippen MR) is 97.4 cm³/mol. The third-order valence-electron chi connectivity index (χ3n) is 3.73. The van der Waals surface area contributed by atoms with Crippen molar-refractivity contribution in [3.63, 3.8) is 0 Å². The Morgan fingerprint density at radius 1 is 1.07 bits per heavy atom. The minimum absolute atomic E-state index is 0.0637. The van der Waals surface area contributed by atoms with Crippen molar-refractivity contribution < 1.29 is 33.7 Å². The molecule has 9 nitrogen and oxygen atoms in total. The summed E-state index contributed by atoms with van der Waals surface area (Å²) in [6.07, 6.45) is -0.321. The molecule has 1 aliphatic rings. The highest BCUT2D eigenvalue weighted by molar-refractivity contribution is 5.71. The van der Waals surface area contributed by atoms with E-state index in [1.807, 2.05) is 0 Å². The quantitative estimate of drug-likeness (QED) is 0.534. The predicted octanol–water partition coefficient (Wildman–Crippen LogP) is 1.44. The zero-order chi connectivity index (χ0) is 20.9. The number of carbonyl (C=O) groups is 3. The molecule has 1 heterocycles. The van der Waals surface area contributed by atoms with E-state index in [1.54, 1.807) is 41.5 Å². The second-order valence-electron chi connectivity index (χ2n) is 8.72. The lowest BCUT2D eigenvalue weighted by atomic mass is 9.85. The highest BCUT2D eigenvalue weighted by atomic mass is 16.6. The van der Waals surface area contributed by atoms with Gasteiger partial charge in [-0.25, -0.2) is 4.79 Å². The third-order valence-corrected chi connectivity index (χ3v) is 3.73.